The second-order valence-electron chi connectivity index (χ2n) is 8.59. The van der Waals surface area contributed by atoms with Crippen molar-refractivity contribution in [1.82, 2.24) is 29.9 Å². The molecule has 0 aliphatic rings. The van der Waals surface area contributed by atoms with Crippen LogP contribution in [0.5, 0.6) is 0 Å². The highest BCUT2D eigenvalue weighted by atomic mass is 32.2. The van der Waals surface area contributed by atoms with Crippen molar-refractivity contribution >= 4 is 10.0 Å². The fraction of sp³-hybridized carbons (Fsp3) is 0.280. The number of benzene rings is 2. The number of hydrogen-bond acceptors (Lipinski definition) is 6. The Hall–Kier alpha value is -3.84. The monoisotopic (exact) mass is 546 g/mol. The molecule has 2 heterocycles. The van der Waals surface area contributed by atoms with Gasteiger partial charge in [-0.15, -0.1) is 10.2 Å². The Morgan fingerprint density at radius 2 is 1.71 bits per heavy atom. The van der Waals surface area contributed by atoms with E-state index in [1.54, 1.807) is 6.07 Å². The number of tetrazole rings is 1. The molecule has 4 rings (SSSR count). The quantitative estimate of drug-likeness (QED) is 0.310. The van der Waals surface area contributed by atoms with Crippen LogP contribution in [0.1, 0.15) is 36.6 Å². The second-order valence-corrected chi connectivity index (χ2v) is 10.4. The summed E-state index contributed by atoms with van der Waals surface area (Å²) >= 11 is 0. The van der Waals surface area contributed by atoms with Crippen molar-refractivity contribution in [3.63, 3.8) is 0 Å². The number of aromatic nitrogens is 5. The number of aryl methyl sites for hydroxylation is 1. The Balaban J connectivity index is 1.62. The van der Waals surface area contributed by atoms with Crippen LogP contribution in [0.2, 0.25) is 0 Å². The molecule has 38 heavy (non-hydrogen) atoms. The molecule has 13 heteroatoms. The third kappa shape index (κ3) is 6.00. The van der Waals surface area contributed by atoms with Crippen LogP contribution < -0.4 is 10.3 Å². The van der Waals surface area contributed by atoms with E-state index in [1.807, 2.05) is 55.5 Å². The Morgan fingerprint density at radius 1 is 1.00 bits per heavy atom. The molecule has 0 bridgehead atoms. The Morgan fingerprint density at radius 3 is 2.34 bits per heavy atom. The molecule has 9 nitrogen and oxygen atoms in total. The average Bonchev–Trinajstić information content (AvgIpc) is 3.43. The van der Waals surface area contributed by atoms with Crippen LogP contribution in [0.4, 0.5) is 13.2 Å². The minimum absolute atomic E-state index is 0.0799. The van der Waals surface area contributed by atoms with Crippen molar-refractivity contribution in [2.75, 3.05) is 0 Å². The third-order valence-electron chi connectivity index (χ3n) is 6.01. The molecule has 2 aromatic carbocycles. The van der Waals surface area contributed by atoms with E-state index in [0.717, 1.165) is 35.1 Å². The molecular weight excluding hydrogens is 521 g/mol. The van der Waals surface area contributed by atoms with Crippen molar-refractivity contribution in [3.05, 3.63) is 87.8 Å². The first-order chi connectivity index (χ1) is 18.1. The van der Waals surface area contributed by atoms with Crippen molar-refractivity contribution in [2.45, 2.75) is 44.8 Å². The number of aromatic amines is 1. The maximum Gasteiger partial charge on any atom is 0.511 e. The number of nitrogens with zero attached hydrogens (tertiary/aromatic N) is 4. The Kier molecular flexibility index (Phi) is 8.07. The molecule has 0 fully saturated rings. The molecule has 0 unspecified atom stereocenters. The van der Waals surface area contributed by atoms with E-state index in [1.165, 1.54) is 15.4 Å². The van der Waals surface area contributed by atoms with Gasteiger partial charge in [-0.05, 0) is 40.8 Å². The molecule has 0 radical (unpaired) electrons. The van der Waals surface area contributed by atoms with Gasteiger partial charge in [-0.2, -0.15) is 18.4 Å². The number of H-pyrrole nitrogens is 1. The van der Waals surface area contributed by atoms with E-state index < -0.39 is 27.6 Å². The second kappa shape index (κ2) is 11.3. The number of hydrogen-bond donors (Lipinski definition) is 2. The van der Waals surface area contributed by atoms with Crippen LogP contribution in [-0.2, 0) is 29.5 Å². The molecule has 0 saturated carbocycles. The summed E-state index contributed by atoms with van der Waals surface area (Å²) in [5.74, 6) is 0.453. The highest BCUT2D eigenvalue weighted by molar-refractivity contribution is 7.90. The molecule has 2 N–H and O–H groups in total. The lowest BCUT2D eigenvalue weighted by molar-refractivity contribution is -0.0448. The lowest BCUT2D eigenvalue weighted by Crippen LogP contribution is -2.38. The summed E-state index contributed by atoms with van der Waals surface area (Å²) in [5, 5.41) is 14.2. The minimum Gasteiger partial charge on any atom is -0.308 e. The first-order valence-electron chi connectivity index (χ1n) is 11.8. The number of unbranched alkanes of at least 4 members (excludes halogenated alkanes) is 1. The highest BCUT2D eigenvalue weighted by Gasteiger charge is 2.45. The van der Waals surface area contributed by atoms with Crippen molar-refractivity contribution in [1.29, 1.82) is 0 Å². The number of nitrogens with one attached hydrogen (secondary N) is 2. The summed E-state index contributed by atoms with van der Waals surface area (Å²) in [7, 11) is -5.57. The average molecular weight is 547 g/mol. The van der Waals surface area contributed by atoms with Gasteiger partial charge >= 0.3 is 15.5 Å². The topological polar surface area (TPSA) is 123 Å². The van der Waals surface area contributed by atoms with Crippen LogP contribution in [0.25, 0.3) is 22.5 Å². The smallest absolute Gasteiger partial charge is 0.308 e. The van der Waals surface area contributed by atoms with Gasteiger partial charge in [0.1, 0.15) is 0 Å². The van der Waals surface area contributed by atoms with Gasteiger partial charge in [0.05, 0.1) is 6.54 Å². The number of alkyl halides is 3. The summed E-state index contributed by atoms with van der Waals surface area (Å²) in [6.45, 7) is 1.42. The number of halogens is 3. The minimum atomic E-state index is -5.57. The molecule has 0 aliphatic carbocycles. The molecule has 0 saturated heterocycles. The van der Waals surface area contributed by atoms with E-state index in [2.05, 4.69) is 20.6 Å². The molecule has 0 amide bonds. The van der Waals surface area contributed by atoms with Crippen LogP contribution in [0.15, 0.2) is 65.5 Å². The van der Waals surface area contributed by atoms with Gasteiger partial charge in [0, 0.05) is 23.4 Å². The number of pyridine rings is 1. The van der Waals surface area contributed by atoms with Gasteiger partial charge < -0.3 is 4.57 Å². The maximum atomic E-state index is 13.2. The SMILES string of the molecule is CCCCc1ccc(CNS(=O)(=O)C(F)(F)F)c(=O)n1Cc1ccc(-c2ccccc2-c2nn[nH]n2)cc1. The van der Waals surface area contributed by atoms with Gasteiger partial charge in [-0.1, -0.05) is 67.9 Å². The highest BCUT2D eigenvalue weighted by Crippen LogP contribution is 2.30. The van der Waals surface area contributed by atoms with Crippen molar-refractivity contribution in [3.8, 4) is 22.5 Å². The van der Waals surface area contributed by atoms with Crippen molar-refractivity contribution in [2.24, 2.45) is 0 Å². The zero-order chi connectivity index (χ0) is 27.3. The fourth-order valence-corrected chi connectivity index (χ4v) is 4.49. The van der Waals surface area contributed by atoms with E-state index in [9.17, 15) is 26.4 Å². The zero-order valence-electron chi connectivity index (χ0n) is 20.4. The van der Waals surface area contributed by atoms with E-state index in [4.69, 9.17) is 0 Å². The summed E-state index contributed by atoms with van der Waals surface area (Å²) in [4.78, 5) is 13.2. The first-order valence-corrected chi connectivity index (χ1v) is 13.3. The fourth-order valence-electron chi connectivity index (χ4n) is 3.98. The van der Waals surface area contributed by atoms with Gasteiger partial charge in [-0.25, -0.2) is 13.1 Å². The van der Waals surface area contributed by atoms with Crippen molar-refractivity contribution < 1.29 is 21.6 Å². The van der Waals surface area contributed by atoms with Gasteiger partial charge in [0.15, 0.2) is 0 Å². The summed E-state index contributed by atoms with van der Waals surface area (Å²) in [6, 6.07) is 18.1. The predicted molar refractivity (Wildman–Crippen MR) is 135 cm³/mol. The lowest BCUT2D eigenvalue weighted by atomic mass is 9.98. The molecule has 4 aromatic rings. The number of sulfonamides is 1. The van der Waals surface area contributed by atoms with Crippen LogP contribution in [-0.4, -0.2) is 39.1 Å². The normalized spacial score (nSPS) is 12.1. The van der Waals surface area contributed by atoms with Crippen LogP contribution in [0.3, 0.4) is 0 Å². The zero-order valence-corrected chi connectivity index (χ0v) is 21.2. The first kappa shape index (κ1) is 27.2. The Labute approximate surface area is 216 Å². The van der Waals surface area contributed by atoms with Gasteiger partial charge in [-0.3, -0.25) is 4.79 Å². The number of rotatable bonds is 10. The summed E-state index contributed by atoms with van der Waals surface area (Å²) < 4.78 is 63.9. The van der Waals surface area contributed by atoms with Crippen LogP contribution in [0, 0.1) is 0 Å². The molecule has 200 valence electrons. The van der Waals surface area contributed by atoms with Crippen LogP contribution >= 0.6 is 0 Å². The molecule has 0 aliphatic heterocycles. The molecule has 0 atom stereocenters. The summed E-state index contributed by atoms with van der Waals surface area (Å²) in [5.41, 5.74) is -2.01. The molecular formula is C25H25F3N6O3S. The predicted octanol–water partition coefficient (Wildman–Crippen LogP) is 4.03. The van der Waals surface area contributed by atoms with E-state index >= 15 is 0 Å². The maximum absolute atomic E-state index is 13.2. The van der Waals surface area contributed by atoms with Gasteiger partial charge in [0.2, 0.25) is 5.82 Å². The molecule has 0 spiro atoms. The third-order valence-corrected chi connectivity index (χ3v) is 7.14. The molecule has 2 aromatic heterocycles. The standard InChI is InChI=1S/C25H25F3N6O3S/c1-2-3-6-20-14-13-19(15-29-38(36,37)25(26,27)28)24(35)34(20)16-17-9-11-18(12-10-17)21-7-4-5-8-22(21)23-30-32-33-31-23/h4-5,7-14,29H,2-3,6,15-16H2,1H3,(H,30,31,32,33). The van der Waals surface area contributed by atoms with E-state index in [-0.39, 0.29) is 12.1 Å². The lowest BCUT2D eigenvalue weighted by Gasteiger charge is -2.16. The summed E-state index contributed by atoms with van der Waals surface area (Å²) in [6.07, 6.45) is 2.29. The van der Waals surface area contributed by atoms with Gasteiger partial charge in [0.25, 0.3) is 5.56 Å². The largest absolute Gasteiger partial charge is 0.511 e. The van der Waals surface area contributed by atoms with E-state index in [0.29, 0.717) is 17.9 Å². The Bertz CT molecular complexity index is 1550.